The molecule has 0 saturated heterocycles. The molecule has 0 spiro atoms. The van der Waals surface area contributed by atoms with E-state index in [1.807, 2.05) is 0 Å². The van der Waals surface area contributed by atoms with Crippen molar-refractivity contribution in [1.29, 1.82) is 0 Å². The fourth-order valence-electron chi connectivity index (χ4n) is 3.35. The van der Waals surface area contributed by atoms with Crippen LogP contribution in [-0.2, 0) is 38.9 Å². The Morgan fingerprint density at radius 2 is 1.84 bits per heavy atom. The van der Waals surface area contributed by atoms with E-state index in [0.29, 0.717) is 16.3 Å². The molecule has 3 rings (SSSR count). The molecule has 168 valence electrons. The molecule has 0 aliphatic heterocycles. The van der Waals surface area contributed by atoms with Crippen LogP contribution in [0, 0.1) is 0 Å². The summed E-state index contributed by atoms with van der Waals surface area (Å²) in [6, 6.07) is 6.86. The van der Waals surface area contributed by atoms with E-state index in [1.165, 1.54) is 29.8 Å². The Balaban J connectivity index is 1.61. The van der Waals surface area contributed by atoms with Crippen LogP contribution in [0.3, 0.4) is 0 Å². The van der Waals surface area contributed by atoms with Gasteiger partial charge in [0.2, 0.25) is 10.0 Å². The summed E-state index contributed by atoms with van der Waals surface area (Å²) < 4.78 is 34.7. The van der Waals surface area contributed by atoms with Crippen LogP contribution < -0.4 is 10.1 Å². The van der Waals surface area contributed by atoms with E-state index in [4.69, 9.17) is 9.47 Å². The summed E-state index contributed by atoms with van der Waals surface area (Å²) in [5, 5.41) is 3.29. The fraction of sp³-hybridized carbons (Fsp3) is 0.429. The number of carbonyl (C=O) groups is 2. The van der Waals surface area contributed by atoms with Crippen molar-refractivity contribution >= 4 is 38.2 Å². The van der Waals surface area contributed by atoms with Crippen LogP contribution >= 0.6 is 11.3 Å². The highest BCUT2D eigenvalue weighted by Gasteiger charge is 2.27. The lowest BCUT2D eigenvalue weighted by Gasteiger charge is -2.14. The molecule has 0 fully saturated rings. The molecule has 2 aromatic rings. The monoisotopic (exact) mass is 466 g/mol. The minimum Gasteiger partial charge on any atom is -0.484 e. The molecule has 0 saturated carbocycles. The summed E-state index contributed by atoms with van der Waals surface area (Å²) >= 11 is 1.42. The average molecular weight is 467 g/mol. The summed E-state index contributed by atoms with van der Waals surface area (Å²) in [7, 11) is -0.415. The van der Waals surface area contributed by atoms with E-state index in [1.54, 1.807) is 24.3 Å². The summed E-state index contributed by atoms with van der Waals surface area (Å²) in [6.07, 6.45) is 4.94. The Labute approximate surface area is 186 Å². The molecule has 1 N–H and O–H groups in total. The van der Waals surface area contributed by atoms with Gasteiger partial charge in [-0.2, -0.15) is 0 Å². The van der Waals surface area contributed by atoms with Gasteiger partial charge in [0, 0.05) is 18.5 Å². The minimum atomic E-state index is -3.26. The van der Waals surface area contributed by atoms with Crippen molar-refractivity contribution in [3.05, 3.63) is 45.8 Å². The van der Waals surface area contributed by atoms with Gasteiger partial charge in [-0.3, -0.25) is 4.79 Å². The van der Waals surface area contributed by atoms with Crippen molar-refractivity contribution in [2.24, 2.45) is 0 Å². The second-order valence-corrected chi connectivity index (χ2v) is 10.6. The maximum Gasteiger partial charge on any atom is 0.341 e. The number of nitrogens with zero attached hydrogens (tertiary/aromatic N) is 1. The summed E-state index contributed by atoms with van der Waals surface area (Å²) in [6.45, 7) is 0.0325. The van der Waals surface area contributed by atoms with E-state index in [-0.39, 0.29) is 19.1 Å². The highest BCUT2D eigenvalue weighted by molar-refractivity contribution is 7.88. The maximum absolute atomic E-state index is 12.4. The van der Waals surface area contributed by atoms with E-state index in [2.05, 4.69) is 5.32 Å². The number of anilines is 1. The first-order valence-corrected chi connectivity index (χ1v) is 12.5. The molecule has 1 aliphatic rings. The zero-order valence-electron chi connectivity index (χ0n) is 17.8. The third-order valence-corrected chi connectivity index (χ3v) is 7.55. The number of carbonyl (C=O) groups excluding carboxylic acids is 2. The lowest BCUT2D eigenvalue weighted by Crippen LogP contribution is -2.24. The van der Waals surface area contributed by atoms with Gasteiger partial charge in [-0.25, -0.2) is 17.5 Å². The zero-order valence-corrected chi connectivity index (χ0v) is 19.4. The molecular formula is C21H26N2O6S2. The number of benzene rings is 1. The van der Waals surface area contributed by atoms with Crippen molar-refractivity contribution in [1.82, 2.24) is 4.31 Å². The van der Waals surface area contributed by atoms with Crippen LogP contribution in [0.4, 0.5) is 5.00 Å². The number of esters is 1. The van der Waals surface area contributed by atoms with Crippen LogP contribution in [0.2, 0.25) is 0 Å². The fourth-order valence-corrected chi connectivity index (χ4v) is 5.03. The molecule has 1 aliphatic carbocycles. The van der Waals surface area contributed by atoms with Gasteiger partial charge in [0.1, 0.15) is 10.8 Å². The predicted molar refractivity (Wildman–Crippen MR) is 119 cm³/mol. The number of hydrogen-bond acceptors (Lipinski definition) is 7. The first-order valence-electron chi connectivity index (χ1n) is 9.84. The lowest BCUT2D eigenvalue weighted by atomic mass is 9.95. The molecule has 0 atom stereocenters. The molecule has 0 radical (unpaired) electrons. The Morgan fingerprint density at radius 3 is 2.48 bits per heavy atom. The molecular weight excluding hydrogens is 440 g/mol. The lowest BCUT2D eigenvalue weighted by molar-refractivity contribution is -0.118. The average Bonchev–Trinajstić information content (AvgIpc) is 3.09. The Bertz CT molecular complexity index is 1060. The van der Waals surface area contributed by atoms with E-state index in [0.717, 1.165) is 47.9 Å². The molecule has 1 amide bonds. The highest BCUT2D eigenvalue weighted by Crippen LogP contribution is 2.38. The Hall–Kier alpha value is -2.43. The number of hydrogen-bond donors (Lipinski definition) is 1. The van der Waals surface area contributed by atoms with E-state index >= 15 is 0 Å². The van der Waals surface area contributed by atoms with Gasteiger partial charge in [0.15, 0.2) is 6.61 Å². The molecule has 8 nitrogen and oxygen atoms in total. The molecule has 0 bridgehead atoms. The van der Waals surface area contributed by atoms with E-state index < -0.39 is 16.0 Å². The maximum atomic E-state index is 12.4. The van der Waals surface area contributed by atoms with Gasteiger partial charge in [-0.15, -0.1) is 11.3 Å². The van der Waals surface area contributed by atoms with Gasteiger partial charge in [0.25, 0.3) is 5.91 Å². The van der Waals surface area contributed by atoms with E-state index in [9.17, 15) is 18.0 Å². The molecule has 1 aromatic carbocycles. The molecule has 1 heterocycles. The normalized spacial score (nSPS) is 13.5. The van der Waals surface area contributed by atoms with Crippen LogP contribution in [0.5, 0.6) is 5.75 Å². The zero-order chi connectivity index (χ0) is 22.6. The van der Waals surface area contributed by atoms with Crippen molar-refractivity contribution in [3.8, 4) is 5.75 Å². The Morgan fingerprint density at radius 1 is 1.16 bits per heavy atom. The number of fused-ring (bicyclic) bond motifs is 1. The third-order valence-electron chi connectivity index (χ3n) is 5.08. The predicted octanol–water partition coefficient (Wildman–Crippen LogP) is 2.82. The van der Waals surface area contributed by atoms with Gasteiger partial charge in [-0.05, 0) is 48.9 Å². The second-order valence-electron chi connectivity index (χ2n) is 7.41. The number of thiophene rings is 1. The van der Waals surface area contributed by atoms with Gasteiger partial charge in [-0.1, -0.05) is 12.1 Å². The summed E-state index contributed by atoms with van der Waals surface area (Å²) in [5.41, 5.74) is 2.24. The topological polar surface area (TPSA) is 102 Å². The van der Waals surface area contributed by atoms with Crippen LogP contribution in [-0.4, -0.2) is 51.6 Å². The quantitative estimate of drug-likeness (QED) is 0.600. The van der Waals surface area contributed by atoms with Gasteiger partial charge < -0.3 is 14.8 Å². The van der Waals surface area contributed by atoms with Crippen molar-refractivity contribution < 1.29 is 27.5 Å². The number of amides is 1. The van der Waals surface area contributed by atoms with Gasteiger partial charge >= 0.3 is 5.97 Å². The van der Waals surface area contributed by atoms with Crippen LogP contribution in [0.15, 0.2) is 24.3 Å². The summed E-state index contributed by atoms with van der Waals surface area (Å²) in [5.74, 6) is -0.325. The first kappa shape index (κ1) is 23.2. The number of methoxy groups -OCH3 is 1. The molecule has 0 unspecified atom stereocenters. The smallest absolute Gasteiger partial charge is 0.341 e. The Kier molecular flexibility index (Phi) is 7.34. The SMILES string of the molecule is COC(=O)c1c(NC(=O)COc2ccc(CN(C)S(C)(=O)=O)cc2)sc2c1CCCC2. The number of aryl methyl sites for hydroxylation is 1. The van der Waals surface area contributed by atoms with Crippen molar-refractivity contribution in [2.75, 3.05) is 32.3 Å². The van der Waals surface area contributed by atoms with Crippen molar-refractivity contribution in [3.63, 3.8) is 0 Å². The number of nitrogens with one attached hydrogen (secondary N) is 1. The van der Waals surface area contributed by atoms with Gasteiger partial charge in [0.05, 0.1) is 18.9 Å². The molecule has 31 heavy (non-hydrogen) atoms. The number of sulfonamides is 1. The first-order chi connectivity index (χ1) is 14.7. The standard InChI is InChI=1S/C21H26N2O6S2/c1-23(31(3,26)27)12-14-8-10-15(11-9-14)29-13-18(24)22-20-19(21(25)28-2)16-6-4-5-7-17(16)30-20/h8-11H,4-7,12-13H2,1-3H3,(H,22,24). The number of ether oxygens (including phenoxy) is 2. The minimum absolute atomic E-state index is 0.217. The molecule has 10 heteroatoms. The summed E-state index contributed by atoms with van der Waals surface area (Å²) in [4.78, 5) is 25.8. The van der Waals surface area contributed by atoms with Crippen LogP contribution in [0.25, 0.3) is 0 Å². The van der Waals surface area contributed by atoms with Crippen LogP contribution in [0.1, 0.15) is 39.2 Å². The number of rotatable bonds is 8. The molecule has 1 aromatic heterocycles. The highest BCUT2D eigenvalue weighted by atomic mass is 32.2. The van der Waals surface area contributed by atoms with Crippen molar-refractivity contribution in [2.45, 2.75) is 32.2 Å². The second kappa shape index (κ2) is 9.80. The third kappa shape index (κ3) is 5.84. The largest absolute Gasteiger partial charge is 0.484 e.